The Hall–Kier alpha value is -1.89. The molecule has 1 fully saturated rings. The first-order valence-corrected chi connectivity index (χ1v) is 10.6. The van der Waals surface area contributed by atoms with Gasteiger partial charge in [0, 0.05) is 12.6 Å². The number of ether oxygens (including phenoxy) is 1. The number of sulfonamides is 1. The Morgan fingerprint density at radius 1 is 1.22 bits per heavy atom. The van der Waals surface area contributed by atoms with Crippen LogP contribution in [-0.4, -0.2) is 31.8 Å². The molecule has 0 unspecified atom stereocenters. The maximum Gasteiger partial charge on any atom is 0.337 e. The summed E-state index contributed by atoms with van der Waals surface area (Å²) < 4.78 is 33.2. The van der Waals surface area contributed by atoms with Gasteiger partial charge < -0.3 is 4.74 Å². The monoisotopic (exact) mass is 407 g/mol. The van der Waals surface area contributed by atoms with Crippen LogP contribution < -0.4 is 0 Å². The Kier molecular flexibility index (Phi) is 5.89. The Morgan fingerprint density at radius 3 is 2.48 bits per heavy atom. The second kappa shape index (κ2) is 8.00. The highest BCUT2D eigenvalue weighted by molar-refractivity contribution is 7.89. The van der Waals surface area contributed by atoms with E-state index >= 15 is 0 Å². The molecule has 1 atom stereocenters. The van der Waals surface area contributed by atoms with E-state index in [4.69, 9.17) is 16.3 Å². The highest BCUT2D eigenvalue weighted by atomic mass is 35.5. The molecule has 0 saturated heterocycles. The lowest BCUT2D eigenvalue weighted by atomic mass is 10.2. The molecular weight excluding hydrogens is 386 g/mol. The van der Waals surface area contributed by atoms with Gasteiger partial charge in [0.05, 0.1) is 17.7 Å². The fourth-order valence-electron chi connectivity index (χ4n) is 3.10. The Bertz CT molecular complexity index is 926. The van der Waals surface area contributed by atoms with Gasteiger partial charge in [-0.25, -0.2) is 13.2 Å². The molecule has 144 valence electrons. The third-order valence-electron chi connectivity index (χ3n) is 4.88. The zero-order valence-corrected chi connectivity index (χ0v) is 16.8. The largest absolute Gasteiger partial charge is 0.465 e. The third-order valence-corrected chi connectivity index (χ3v) is 7.29. The molecule has 0 bridgehead atoms. The van der Waals surface area contributed by atoms with Crippen molar-refractivity contribution in [1.82, 2.24) is 4.31 Å². The topological polar surface area (TPSA) is 63.7 Å². The van der Waals surface area contributed by atoms with E-state index in [-0.39, 0.29) is 28.1 Å². The van der Waals surface area contributed by atoms with Crippen LogP contribution in [0.1, 0.15) is 35.7 Å². The first kappa shape index (κ1) is 19.9. The SMILES string of the molecule is COC(=O)c1ccc(Cl)c(S(=O)(=O)N(Cc2ccccc2)[C@@H](C)C2CC2)c1. The fraction of sp³-hybridized carbons (Fsp3) is 0.350. The Morgan fingerprint density at radius 2 is 1.89 bits per heavy atom. The maximum absolute atomic E-state index is 13.5. The molecule has 27 heavy (non-hydrogen) atoms. The average Bonchev–Trinajstić information content (AvgIpc) is 3.51. The van der Waals surface area contributed by atoms with Gasteiger partial charge in [-0.2, -0.15) is 4.31 Å². The second-order valence-corrected chi connectivity index (χ2v) is 9.02. The van der Waals surface area contributed by atoms with Crippen LogP contribution in [0.5, 0.6) is 0 Å². The van der Waals surface area contributed by atoms with Gasteiger partial charge in [-0.05, 0) is 49.4 Å². The highest BCUT2D eigenvalue weighted by Crippen LogP contribution is 2.39. The lowest BCUT2D eigenvalue weighted by Gasteiger charge is -2.29. The van der Waals surface area contributed by atoms with Crippen LogP contribution >= 0.6 is 11.6 Å². The number of carbonyl (C=O) groups is 1. The van der Waals surface area contributed by atoms with E-state index in [1.807, 2.05) is 37.3 Å². The van der Waals surface area contributed by atoms with E-state index < -0.39 is 16.0 Å². The predicted molar refractivity (Wildman–Crippen MR) is 104 cm³/mol. The number of methoxy groups -OCH3 is 1. The van der Waals surface area contributed by atoms with Crippen LogP contribution in [0, 0.1) is 5.92 Å². The normalized spacial score (nSPS) is 15.6. The zero-order valence-electron chi connectivity index (χ0n) is 15.3. The molecule has 0 heterocycles. The number of rotatable bonds is 7. The number of carbonyl (C=O) groups excluding carboxylic acids is 1. The number of benzene rings is 2. The Balaban J connectivity index is 2.03. The van der Waals surface area contributed by atoms with E-state index in [2.05, 4.69) is 0 Å². The standard InChI is InChI=1S/C20H22ClNO4S/c1-14(16-8-9-16)22(13-15-6-4-3-5-7-15)27(24,25)19-12-17(20(23)26-2)10-11-18(19)21/h3-7,10-12,14,16H,8-9,13H2,1-2H3/t14-/m0/s1. The van der Waals surface area contributed by atoms with Crippen molar-refractivity contribution < 1.29 is 17.9 Å². The van der Waals surface area contributed by atoms with Crippen molar-refractivity contribution in [3.05, 3.63) is 64.7 Å². The molecule has 2 aromatic rings. The van der Waals surface area contributed by atoms with Crippen LogP contribution in [-0.2, 0) is 21.3 Å². The summed E-state index contributed by atoms with van der Waals surface area (Å²) in [5.41, 5.74) is 1.05. The van der Waals surface area contributed by atoms with Gasteiger partial charge in [-0.3, -0.25) is 0 Å². The fourth-order valence-corrected chi connectivity index (χ4v) is 5.28. The van der Waals surface area contributed by atoms with E-state index in [9.17, 15) is 13.2 Å². The van der Waals surface area contributed by atoms with Crippen molar-refractivity contribution in [3.8, 4) is 0 Å². The van der Waals surface area contributed by atoms with Gasteiger partial charge in [0.15, 0.2) is 0 Å². The van der Waals surface area contributed by atoms with Crippen molar-refractivity contribution in [2.45, 2.75) is 37.2 Å². The average molecular weight is 408 g/mol. The minimum Gasteiger partial charge on any atom is -0.465 e. The zero-order chi connectivity index (χ0) is 19.6. The van der Waals surface area contributed by atoms with Gasteiger partial charge >= 0.3 is 5.97 Å². The molecule has 0 aliphatic heterocycles. The van der Waals surface area contributed by atoms with Gasteiger partial charge in [-0.15, -0.1) is 0 Å². The maximum atomic E-state index is 13.5. The summed E-state index contributed by atoms with van der Waals surface area (Å²) in [4.78, 5) is 11.8. The molecule has 3 rings (SSSR count). The first-order valence-electron chi connectivity index (χ1n) is 8.78. The van der Waals surface area contributed by atoms with Crippen molar-refractivity contribution in [2.75, 3.05) is 7.11 Å². The molecule has 0 spiro atoms. The van der Waals surface area contributed by atoms with Crippen LogP contribution in [0.4, 0.5) is 0 Å². The molecule has 0 radical (unpaired) electrons. The number of halogens is 1. The summed E-state index contributed by atoms with van der Waals surface area (Å²) in [6.07, 6.45) is 2.02. The van der Waals surface area contributed by atoms with Gasteiger partial charge in [0.25, 0.3) is 0 Å². The van der Waals surface area contributed by atoms with E-state index in [1.54, 1.807) is 0 Å². The molecule has 1 aliphatic carbocycles. The second-order valence-electron chi connectivity index (χ2n) is 6.75. The van der Waals surface area contributed by atoms with Crippen LogP contribution in [0.3, 0.4) is 0 Å². The number of hydrogen-bond acceptors (Lipinski definition) is 4. The minimum absolute atomic E-state index is 0.0736. The minimum atomic E-state index is -3.90. The summed E-state index contributed by atoms with van der Waals surface area (Å²) in [7, 11) is -2.65. The lowest BCUT2D eigenvalue weighted by molar-refractivity contribution is 0.0600. The number of hydrogen-bond donors (Lipinski definition) is 0. The van der Waals surface area contributed by atoms with Crippen LogP contribution in [0.2, 0.25) is 5.02 Å². The van der Waals surface area contributed by atoms with Crippen LogP contribution in [0.25, 0.3) is 0 Å². The summed E-state index contributed by atoms with van der Waals surface area (Å²) in [6.45, 7) is 2.18. The Labute approximate surface area is 165 Å². The number of esters is 1. The summed E-state index contributed by atoms with van der Waals surface area (Å²) in [5, 5.41) is 0.0868. The van der Waals surface area contributed by atoms with E-state index in [0.29, 0.717) is 5.92 Å². The van der Waals surface area contributed by atoms with Gasteiger partial charge in [0.2, 0.25) is 10.0 Å². The number of nitrogens with zero attached hydrogens (tertiary/aromatic N) is 1. The van der Waals surface area contributed by atoms with Crippen molar-refractivity contribution in [2.24, 2.45) is 5.92 Å². The predicted octanol–water partition coefficient (Wildman–Crippen LogP) is 4.12. The van der Waals surface area contributed by atoms with Crippen molar-refractivity contribution in [3.63, 3.8) is 0 Å². The first-order chi connectivity index (χ1) is 12.8. The highest BCUT2D eigenvalue weighted by Gasteiger charge is 2.39. The molecule has 1 aliphatic rings. The molecule has 5 nitrogen and oxygen atoms in total. The molecule has 0 amide bonds. The summed E-state index contributed by atoms with van der Waals surface area (Å²) in [6, 6.07) is 13.5. The molecule has 0 aromatic heterocycles. The molecule has 7 heteroatoms. The van der Waals surface area contributed by atoms with Crippen molar-refractivity contribution in [1.29, 1.82) is 0 Å². The van der Waals surface area contributed by atoms with Gasteiger partial charge in [0.1, 0.15) is 4.90 Å². The van der Waals surface area contributed by atoms with E-state index in [1.165, 1.54) is 29.6 Å². The molecule has 2 aromatic carbocycles. The third kappa shape index (κ3) is 4.34. The molecule has 1 saturated carbocycles. The molecular formula is C20H22ClNO4S. The lowest BCUT2D eigenvalue weighted by Crippen LogP contribution is -2.39. The van der Waals surface area contributed by atoms with E-state index in [0.717, 1.165) is 18.4 Å². The molecule has 0 N–H and O–H groups in total. The van der Waals surface area contributed by atoms with Crippen molar-refractivity contribution >= 4 is 27.6 Å². The summed E-state index contributed by atoms with van der Waals surface area (Å²) >= 11 is 6.22. The quantitative estimate of drug-likeness (QED) is 0.648. The van der Waals surface area contributed by atoms with Gasteiger partial charge in [-0.1, -0.05) is 41.9 Å². The van der Waals surface area contributed by atoms with Crippen LogP contribution in [0.15, 0.2) is 53.4 Å². The summed E-state index contributed by atoms with van der Waals surface area (Å²) in [5.74, 6) is -0.265. The smallest absolute Gasteiger partial charge is 0.337 e.